The summed E-state index contributed by atoms with van der Waals surface area (Å²) >= 11 is 5.65. The van der Waals surface area contributed by atoms with Gasteiger partial charge in [-0.05, 0) is 42.5 Å². The Balaban J connectivity index is 1.86. The van der Waals surface area contributed by atoms with Crippen LogP contribution >= 0.6 is 11.6 Å². The first-order valence-corrected chi connectivity index (χ1v) is 7.68. The van der Waals surface area contributed by atoms with Crippen molar-refractivity contribution >= 4 is 34.7 Å². The van der Waals surface area contributed by atoms with Gasteiger partial charge < -0.3 is 10.6 Å². The number of halogens is 5. The van der Waals surface area contributed by atoms with Gasteiger partial charge in [0.15, 0.2) is 0 Å². The number of alkyl halides is 3. The van der Waals surface area contributed by atoms with E-state index >= 15 is 0 Å². The predicted octanol–water partition coefficient (Wildman–Crippen LogP) is 5.78. The molecule has 0 saturated heterocycles. The van der Waals surface area contributed by atoms with Gasteiger partial charge in [-0.15, -0.1) is 0 Å². The summed E-state index contributed by atoms with van der Waals surface area (Å²) < 4.78 is 52.7. The summed E-state index contributed by atoms with van der Waals surface area (Å²) in [6, 6.07) is 10.5. The quantitative estimate of drug-likeness (QED) is 0.562. The van der Waals surface area contributed by atoms with Crippen LogP contribution < -0.4 is 10.6 Å². The highest BCUT2D eigenvalue weighted by molar-refractivity contribution is 6.30. The Kier molecular flexibility index (Phi) is 4.94. The van der Waals surface area contributed by atoms with Crippen molar-refractivity contribution < 1.29 is 17.6 Å². The number of benzene rings is 2. The molecule has 0 atom stereocenters. The highest BCUT2D eigenvalue weighted by Crippen LogP contribution is 2.37. The molecule has 1 aromatic heterocycles. The van der Waals surface area contributed by atoms with Crippen LogP contribution in [-0.2, 0) is 6.18 Å². The van der Waals surface area contributed by atoms with E-state index in [9.17, 15) is 17.6 Å². The molecule has 0 aliphatic rings. The monoisotopic (exact) mass is 382 g/mol. The minimum atomic E-state index is -4.59. The van der Waals surface area contributed by atoms with Gasteiger partial charge in [-0.3, -0.25) is 0 Å². The van der Waals surface area contributed by atoms with Gasteiger partial charge in [-0.2, -0.15) is 18.2 Å². The molecule has 0 bridgehead atoms. The van der Waals surface area contributed by atoms with Crippen molar-refractivity contribution in [1.82, 2.24) is 9.97 Å². The van der Waals surface area contributed by atoms with E-state index in [4.69, 9.17) is 11.6 Å². The number of aromatic nitrogens is 2. The molecule has 2 aromatic carbocycles. The molecule has 3 aromatic rings. The molecule has 134 valence electrons. The summed E-state index contributed by atoms with van der Waals surface area (Å²) in [4.78, 5) is 7.99. The number of nitrogens with one attached hydrogen (secondary N) is 2. The van der Waals surface area contributed by atoms with Crippen molar-refractivity contribution in [3.05, 3.63) is 71.1 Å². The van der Waals surface area contributed by atoms with E-state index in [1.54, 1.807) is 6.07 Å². The van der Waals surface area contributed by atoms with E-state index in [-0.39, 0.29) is 22.5 Å². The summed E-state index contributed by atoms with van der Waals surface area (Å²) in [5.41, 5.74) is -0.723. The van der Waals surface area contributed by atoms with E-state index in [1.165, 1.54) is 42.6 Å². The molecule has 1 heterocycles. The molecule has 4 nitrogen and oxygen atoms in total. The highest BCUT2D eigenvalue weighted by atomic mass is 35.5. The molecule has 2 N–H and O–H groups in total. The van der Waals surface area contributed by atoms with Crippen LogP contribution in [0.5, 0.6) is 0 Å². The first-order valence-electron chi connectivity index (χ1n) is 7.31. The summed E-state index contributed by atoms with van der Waals surface area (Å²) in [6.45, 7) is 0. The molecule has 0 radical (unpaired) electrons. The number of nitrogens with zero attached hydrogens (tertiary/aromatic N) is 2. The molecule has 0 unspecified atom stereocenters. The van der Waals surface area contributed by atoms with Crippen molar-refractivity contribution in [3.63, 3.8) is 0 Å². The van der Waals surface area contributed by atoms with E-state index < -0.39 is 17.6 Å². The Labute approximate surface area is 150 Å². The van der Waals surface area contributed by atoms with E-state index in [0.717, 1.165) is 6.07 Å². The Morgan fingerprint density at radius 1 is 0.962 bits per heavy atom. The second-order valence-corrected chi connectivity index (χ2v) is 5.65. The van der Waals surface area contributed by atoms with Gasteiger partial charge in [-0.1, -0.05) is 17.7 Å². The Morgan fingerprint density at radius 2 is 1.77 bits per heavy atom. The fourth-order valence-electron chi connectivity index (χ4n) is 2.18. The van der Waals surface area contributed by atoms with E-state index in [2.05, 4.69) is 20.6 Å². The number of anilines is 4. The predicted molar refractivity (Wildman–Crippen MR) is 91.5 cm³/mol. The van der Waals surface area contributed by atoms with Crippen LogP contribution in [0.2, 0.25) is 5.02 Å². The third-order valence-corrected chi connectivity index (χ3v) is 3.52. The molecule has 0 aliphatic heterocycles. The number of hydrogen-bond acceptors (Lipinski definition) is 4. The first-order chi connectivity index (χ1) is 12.3. The molecule has 0 aliphatic carbocycles. The fraction of sp³-hybridized carbons (Fsp3) is 0.0588. The normalized spacial score (nSPS) is 11.3. The highest BCUT2D eigenvalue weighted by Gasteiger charge is 2.34. The van der Waals surface area contributed by atoms with E-state index in [0.29, 0.717) is 5.69 Å². The Bertz CT molecular complexity index is 931. The number of rotatable bonds is 4. The first kappa shape index (κ1) is 17.9. The SMILES string of the molecule is Fc1cccc(Nc2ccnc(Nc3ccc(Cl)cc3C(F)(F)F)n2)c1. The van der Waals surface area contributed by atoms with Gasteiger partial charge in [0.05, 0.1) is 11.3 Å². The van der Waals surface area contributed by atoms with E-state index in [1.807, 2.05) is 0 Å². The maximum absolute atomic E-state index is 13.2. The third-order valence-electron chi connectivity index (χ3n) is 3.29. The number of hydrogen-bond donors (Lipinski definition) is 2. The van der Waals surface area contributed by atoms with Gasteiger partial charge in [0.1, 0.15) is 11.6 Å². The fourth-order valence-corrected chi connectivity index (χ4v) is 2.36. The molecule has 26 heavy (non-hydrogen) atoms. The topological polar surface area (TPSA) is 49.8 Å². The Hall–Kier alpha value is -2.87. The van der Waals surface area contributed by atoms with Crippen LogP contribution in [-0.4, -0.2) is 9.97 Å². The average Bonchev–Trinajstić information content (AvgIpc) is 2.56. The minimum absolute atomic E-state index is 0.0367. The standard InChI is InChI=1S/C17H11ClF4N4/c18-10-4-5-14(13(8-10)17(20,21)22)25-16-23-7-6-15(26-16)24-12-3-1-2-11(19)9-12/h1-9H,(H2,23,24,25,26). The maximum atomic E-state index is 13.2. The van der Waals surface area contributed by atoms with Gasteiger partial charge in [-0.25, -0.2) is 9.37 Å². The van der Waals surface area contributed by atoms with Gasteiger partial charge >= 0.3 is 6.18 Å². The maximum Gasteiger partial charge on any atom is 0.418 e. The lowest BCUT2D eigenvalue weighted by Gasteiger charge is -2.14. The molecule has 3 rings (SSSR count). The smallest absolute Gasteiger partial charge is 0.340 e. The van der Waals surface area contributed by atoms with Gasteiger partial charge in [0, 0.05) is 16.9 Å². The van der Waals surface area contributed by atoms with Crippen LogP contribution in [0.3, 0.4) is 0 Å². The lowest BCUT2D eigenvalue weighted by molar-refractivity contribution is -0.136. The van der Waals surface area contributed by atoms with Crippen LogP contribution in [0.25, 0.3) is 0 Å². The molecule has 0 saturated carbocycles. The molecular formula is C17H11ClF4N4. The lowest BCUT2D eigenvalue weighted by atomic mass is 10.1. The van der Waals surface area contributed by atoms with Crippen molar-refractivity contribution in [3.8, 4) is 0 Å². The average molecular weight is 383 g/mol. The molecule has 0 fully saturated rings. The largest absolute Gasteiger partial charge is 0.418 e. The second kappa shape index (κ2) is 7.17. The zero-order valence-electron chi connectivity index (χ0n) is 13.0. The summed E-state index contributed by atoms with van der Waals surface area (Å²) in [6.07, 6.45) is -3.23. The zero-order valence-corrected chi connectivity index (χ0v) is 13.7. The van der Waals surface area contributed by atoms with Crippen LogP contribution in [0, 0.1) is 5.82 Å². The molecule has 0 amide bonds. The van der Waals surface area contributed by atoms with Crippen LogP contribution in [0.4, 0.5) is 40.7 Å². The van der Waals surface area contributed by atoms with Gasteiger partial charge in [0.2, 0.25) is 5.95 Å². The van der Waals surface area contributed by atoms with Crippen molar-refractivity contribution in [2.75, 3.05) is 10.6 Å². The summed E-state index contributed by atoms with van der Waals surface area (Å²) in [5, 5.41) is 5.34. The summed E-state index contributed by atoms with van der Waals surface area (Å²) in [7, 11) is 0. The minimum Gasteiger partial charge on any atom is -0.340 e. The molecule has 0 spiro atoms. The third kappa shape index (κ3) is 4.40. The summed E-state index contributed by atoms with van der Waals surface area (Å²) in [5.74, 6) is -0.201. The Morgan fingerprint density at radius 3 is 2.50 bits per heavy atom. The lowest BCUT2D eigenvalue weighted by Crippen LogP contribution is -2.10. The molecule has 9 heteroatoms. The second-order valence-electron chi connectivity index (χ2n) is 5.21. The van der Waals surface area contributed by atoms with Crippen molar-refractivity contribution in [2.24, 2.45) is 0 Å². The zero-order chi connectivity index (χ0) is 18.7. The van der Waals surface area contributed by atoms with Crippen LogP contribution in [0.1, 0.15) is 5.56 Å². The van der Waals surface area contributed by atoms with Crippen molar-refractivity contribution in [1.29, 1.82) is 0 Å². The van der Waals surface area contributed by atoms with Crippen molar-refractivity contribution in [2.45, 2.75) is 6.18 Å². The van der Waals surface area contributed by atoms with Gasteiger partial charge in [0.25, 0.3) is 0 Å². The van der Waals surface area contributed by atoms with Crippen LogP contribution in [0.15, 0.2) is 54.7 Å². The molecular weight excluding hydrogens is 372 g/mol.